The molecule has 1 saturated carbocycles. The zero-order chi connectivity index (χ0) is 12.9. The number of carboxylic acid groups (broad SMARTS) is 2. The topological polar surface area (TPSA) is 101 Å². The van der Waals surface area contributed by atoms with Gasteiger partial charge in [-0.1, -0.05) is 6.07 Å². The molecule has 3 rings (SSSR count). The van der Waals surface area contributed by atoms with Crippen molar-refractivity contribution in [1.82, 2.24) is 4.98 Å². The van der Waals surface area contributed by atoms with Gasteiger partial charge in [0.25, 0.3) is 0 Å². The van der Waals surface area contributed by atoms with E-state index in [4.69, 9.17) is 9.52 Å². The average molecular weight is 247 g/mol. The molecule has 1 aromatic heterocycles. The Balaban J connectivity index is 2.11. The SMILES string of the molecule is O=C(O)C1CC1(C(=O)O)c1ccc2ncoc2c1. The van der Waals surface area contributed by atoms with Crippen LogP contribution >= 0.6 is 0 Å². The van der Waals surface area contributed by atoms with Crippen molar-refractivity contribution < 1.29 is 24.2 Å². The van der Waals surface area contributed by atoms with Crippen LogP contribution in [0.1, 0.15) is 12.0 Å². The van der Waals surface area contributed by atoms with E-state index < -0.39 is 23.3 Å². The van der Waals surface area contributed by atoms with E-state index >= 15 is 0 Å². The van der Waals surface area contributed by atoms with Crippen molar-refractivity contribution in [3.8, 4) is 0 Å². The first-order chi connectivity index (χ1) is 8.55. The summed E-state index contributed by atoms with van der Waals surface area (Å²) in [5.41, 5.74) is 0.204. The number of carbonyl (C=O) groups is 2. The molecule has 6 heteroatoms. The second-order valence-corrected chi connectivity index (χ2v) is 4.41. The number of carboxylic acids is 2. The highest BCUT2D eigenvalue weighted by Gasteiger charge is 2.65. The lowest BCUT2D eigenvalue weighted by molar-refractivity contribution is -0.145. The standard InChI is InChI=1S/C12H9NO5/c14-10(15)7-4-12(7,11(16)17)6-1-2-8-9(3-6)18-5-13-8/h1-3,5,7H,4H2,(H,14,15)(H,16,17). The minimum absolute atomic E-state index is 0.108. The second-order valence-electron chi connectivity index (χ2n) is 4.41. The molecule has 0 saturated heterocycles. The quantitative estimate of drug-likeness (QED) is 0.846. The van der Waals surface area contributed by atoms with Crippen molar-refractivity contribution in [2.45, 2.75) is 11.8 Å². The molecule has 1 aliphatic rings. The third-order valence-corrected chi connectivity index (χ3v) is 3.49. The Hall–Kier alpha value is -2.37. The van der Waals surface area contributed by atoms with E-state index in [9.17, 15) is 14.7 Å². The summed E-state index contributed by atoms with van der Waals surface area (Å²) in [6, 6.07) is 4.79. The predicted octanol–water partition coefficient (Wildman–Crippen LogP) is 1.25. The van der Waals surface area contributed by atoms with Crippen LogP contribution in [-0.4, -0.2) is 27.1 Å². The lowest BCUT2D eigenvalue weighted by Crippen LogP contribution is -2.25. The number of aromatic nitrogens is 1. The summed E-state index contributed by atoms with van der Waals surface area (Å²) in [4.78, 5) is 26.3. The van der Waals surface area contributed by atoms with E-state index in [1.54, 1.807) is 18.2 Å². The van der Waals surface area contributed by atoms with Gasteiger partial charge in [-0.05, 0) is 24.1 Å². The smallest absolute Gasteiger partial charge is 0.315 e. The normalized spacial score (nSPS) is 26.1. The third kappa shape index (κ3) is 1.25. The molecule has 2 unspecified atom stereocenters. The second kappa shape index (κ2) is 3.32. The highest BCUT2D eigenvalue weighted by atomic mass is 16.4. The molecule has 1 aromatic carbocycles. The van der Waals surface area contributed by atoms with Crippen LogP contribution in [0.5, 0.6) is 0 Å². The van der Waals surface area contributed by atoms with E-state index in [1.165, 1.54) is 6.39 Å². The molecule has 1 aliphatic carbocycles. The van der Waals surface area contributed by atoms with Crippen molar-refractivity contribution in [3.63, 3.8) is 0 Å². The summed E-state index contributed by atoms with van der Waals surface area (Å²) in [6.45, 7) is 0. The molecular weight excluding hydrogens is 238 g/mol. The summed E-state index contributed by atoms with van der Waals surface area (Å²) in [7, 11) is 0. The number of fused-ring (bicyclic) bond motifs is 1. The molecule has 0 spiro atoms. The van der Waals surface area contributed by atoms with Gasteiger partial charge >= 0.3 is 11.9 Å². The zero-order valence-corrected chi connectivity index (χ0v) is 9.16. The van der Waals surface area contributed by atoms with Gasteiger partial charge in [0, 0.05) is 0 Å². The summed E-state index contributed by atoms with van der Waals surface area (Å²) in [5, 5.41) is 18.3. The lowest BCUT2D eigenvalue weighted by Gasteiger charge is -2.10. The van der Waals surface area contributed by atoms with Crippen molar-refractivity contribution in [2.75, 3.05) is 0 Å². The van der Waals surface area contributed by atoms with Gasteiger partial charge in [0.2, 0.25) is 0 Å². The van der Waals surface area contributed by atoms with Gasteiger partial charge in [0.1, 0.15) is 10.9 Å². The van der Waals surface area contributed by atoms with Crippen LogP contribution in [0.25, 0.3) is 11.1 Å². The van der Waals surface area contributed by atoms with Crippen LogP contribution < -0.4 is 0 Å². The molecule has 6 nitrogen and oxygen atoms in total. The van der Waals surface area contributed by atoms with Crippen molar-refractivity contribution in [2.24, 2.45) is 5.92 Å². The Bertz CT molecular complexity index is 661. The molecule has 0 radical (unpaired) electrons. The van der Waals surface area contributed by atoms with E-state index in [0.717, 1.165) is 0 Å². The summed E-state index contributed by atoms with van der Waals surface area (Å²) in [5.74, 6) is -3.08. The summed E-state index contributed by atoms with van der Waals surface area (Å²) in [6.07, 6.45) is 1.38. The predicted molar refractivity (Wildman–Crippen MR) is 59.1 cm³/mol. The monoisotopic (exact) mass is 247 g/mol. The minimum Gasteiger partial charge on any atom is -0.481 e. The Morgan fingerprint density at radius 3 is 2.78 bits per heavy atom. The van der Waals surface area contributed by atoms with Gasteiger partial charge in [-0.3, -0.25) is 9.59 Å². The molecule has 92 valence electrons. The first-order valence-electron chi connectivity index (χ1n) is 5.35. The first kappa shape index (κ1) is 10.8. The molecule has 0 bridgehead atoms. The fraction of sp³-hybridized carbons (Fsp3) is 0.250. The van der Waals surface area contributed by atoms with Crippen LogP contribution in [0.4, 0.5) is 0 Å². The first-order valence-corrected chi connectivity index (χ1v) is 5.35. The van der Waals surface area contributed by atoms with Crippen LogP contribution in [0.15, 0.2) is 29.0 Å². The zero-order valence-electron chi connectivity index (χ0n) is 9.16. The molecule has 2 atom stereocenters. The van der Waals surface area contributed by atoms with Gasteiger partial charge in [-0.2, -0.15) is 0 Å². The van der Waals surface area contributed by atoms with E-state index in [0.29, 0.717) is 16.7 Å². The van der Waals surface area contributed by atoms with Crippen LogP contribution in [0.3, 0.4) is 0 Å². The average Bonchev–Trinajstić information content (AvgIpc) is 2.94. The molecule has 0 aliphatic heterocycles. The Morgan fingerprint density at radius 1 is 1.39 bits per heavy atom. The number of oxazole rings is 1. The number of hydrogen-bond acceptors (Lipinski definition) is 4. The van der Waals surface area contributed by atoms with Crippen molar-refractivity contribution in [1.29, 1.82) is 0 Å². The molecule has 2 N–H and O–H groups in total. The van der Waals surface area contributed by atoms with Crippen molar-refractivity contribution in [3.05, 3.63) is 30.2 Å². The van der Waals surface area contributed by atoms with Gasteiger partial charge < -0.3 is 14.6 Å². The van der Waals surface area contributed by atoms with E-state index in [2.05, 4.69) is 4.98 Å². The minimum atomic E-state index is -1.33. The van der Waals surface area contributed by atoms with Crippen LogP contribution in [-0.2, 0) is 15.0 Å². The van der Waals surface area contributed by atoms with E-state index in [1.807, 2.05) is 0 Å². The largest absolute Gasteiger partial charge is 0.481 e. The van der Waals surface area contributed by atoms with Gasteiger partial charge in [0.15, 0.2) is 12.0 Å². The van der Waals surface area contributed by atoms with E-state index in [-0.39, 0.29) is 6.42 Å². The maximum absolute atomic E-state index is 11.4. The van der Waals surface area contributed by atoms with Gasteiger partial charge in [-0.25, -0.2) is 4.98 Å². The van der Waals surface area contributed by atoms with Gasteiger partial charge in [0.05, 0.1) is 5.92 Å². The lowest BCUT2D eigenvalue weighted by atomic mass is 9.93. The molecule has 18 heavy (non-hydrogen) atoms. The number of aliphatic carboxylic acids is 2. The number of benzene rings is 1. The highest BCUT2D eigenvalue weighted by Crippen LogP contribution is 2.55. The third-order valence-electron chi connectivity index (χ3n) is 3.49. The molecule has 1 heterocycles. The number of rotatable bonds is 3. The Labute approximate surface area is 101 Å². The fourth-order valence-electron chi connectivity index (χ4n) is 2.37. The maximum atomic E-state index is 11.4. The highest BCUT2D eigenvalue weighted by molar-refractivity contribution is 5.95. The van der Waals surface area contributed by atoms with Crippen LogP contribution in [0, 0.1) is 5.92 Å². The van der Waals surface area contributed by atoms with Crippen LogP contribution in [0.2, 0.25) is 0 Å². The maximum Gasteiger partial charge on any atom is 0.315 e. The van der Waals surface area contributed by atoms with Gasteiger partial charge in [-0.15, -0.1) is 0 Å². The molecular formula is C12H9NO5. The fourth-order valence-corrected chi connectivity index (χ4v) is 2.37. The molecule has 2 aromatic rings. The Kier molecular flexibility index (Phi) is 1.98. The Morgan fingerprint density at radius 2 is 2.17 bits per heavy atom. The number of hydrogen-bond donors (Lipinski definition) is 2. The van der Waals surface area contributed by atoms with Crippen molar-refractivity contribution >= 4 is 23.0 Å². The summed E-state index contributed by atoms with van der Waals surface area (Å²) >= 11 is 0. The summed E-state index contributed by atoms with van der Waals surface area (Å²) < 4.78 is 5.11. The molecule has 1 fully saturated rings. The molecule has 0 amide bonds. The number of nitrogens with zero attached hydrogens (tertiary/aromatic N) is 1.